The Morgan fingerprint density at radius 3 is 2.43 bits per heavy atom. The van der Waals surface area contributed by atoms with Gasteiger partial charge in [-0.05, 0) is 35.9 Å². The van der Waals surface area contributed by atoms with Crippen LogP contribution in [-0.4, -0.2) is 17.5 Å². The van der Waals surface area contributed by atoms with Crippen molar-refractivity contribution in [3.8, 4) is 6.07 Å². The minimum absolute atomic E-state index is 0.457. The molecule has 2 aromatic rings. The van der Waals surface area contributed by atoms with E-state index in [9.17, 15) is 4.21 Å². The van der Waals surface area contributed by atoms with Gasteiger partial charge in [-0.2, -0.15) is 5.26 Å². The minimum atomic E-state index is -0.954. The summed E-state index contributed by atoms with van der Waals surface area (Å²) >= 11 is 6.05. The molecule has 0 N–H and O–H groups in total. The molecular weight excluding hydrogens is 304 g/mol. The molecule has 0 radical (unpaired) electrons. The molecule has 0 heterocycles. The highest BCUT2D eigenvalue weighted by Crippen LogP contribution is 2.23. The van der Waals surface area contributed by atoms with Gasteiger partial charge >= 0.3 is 0 Å². The highest BCUT2D eigenvalue weighted by atomic mass is 35.5. The molecule has 0 saturated heterocycles. The zero-order valence-corrected chi connectivity index (χ0v) is 13.4. The van der Waals surface area contributed by atoms with E-state index in [1.54, 1.807) is 18.4 Å². The third-order valence-corrected chi connectivity index (χ3v) is 4.44. The number of hydrogen-bond donors (Lipinski definition) is 0. The van der Waals surface area contributed by atoms with Gasteiger partial charge in [0.05, 0.1) is 10.6 Å². The Bertz CT molecular complexity index is 707. The second-order valence-electron chi connectivity index (χ2n) is 4.73. The smallest absolute Gasteiger partial charge is 0.101 e. The van der Waals surface area contributed by atoms with Gasteiger partial charge in [-0.15, -0.1) is 0 Å². The van der Waals surface area contributed by atoms with Gasteiger partial charge in [-0.1, -0.05) is 23.7 Å². The number of nitrogens with zero attached hydrogens (tertiary/aromatic N) is 2. The van der Waals surface area contributed by atoms with Gasteiger partial charge < -0.3 is 4.90 Å². The molecule has 0 aromatic heterocycles. The Hall–Kier alpha value is -1.83. The van der Waals surface area contributed by atoms with Gasteiger partial charge in [-0.3, -0.25) is 4.21 Å². The van der Waals surface area contributed by atoms with Gasteiger partial charge in [-0.25, -0.2) is 0 Å². The lowest BCUT2D eigenvalue weighted by Gasteiger charge is -2.20. The van der Waals surface area contributed by atoms with Crippen molar-refractivity contribution in [1.82, 2.24) is 0 Å². The van der Waals surface area contributed by atoms with E-state index in [1.165, 1.54) is 0 Å². The predicted octanol–water partition coefficient (Wildman–Crippen LogP) is 3.59. The van der Waals surface area contributed by atoms with Crippen LogP contribution in [0.3, 0.4) is 0 Å². The summed E-state index contributed by atoms with van der Waals surface area (Å²) in [6.07, 6.45) is 1.67. The Labute approximate surface area is 132 Å². The average molecular weight is 319 g/mol. The van der Waals surface area contributed by atoms with Gasteiger partial charge in [0.15, 0.2) is 0 Å². The standard InChI is InChI=1S/C16H15ClN2OS/c1-19(14-6-5-13(10-18)16(17)9-14)11-12-3-7-15(8-4-12)21(2)20/h3-9H,11H2,1-2H3/t21-/m0/s1. The van der Waals surface area contributed by atoms with E-state index in [0.29, 0.717) is 17.1 Å². The molecule has 0 saturated carbocycles. The summed E-state index contributed by atoms with van der Waals surface area (Å²) in [5.74, 6) is 0. The average Bonchev–Trinajstić information content (AvgIpc) is 2.47. The van der Waals surface area contributed by atoms with Gasteiger partial charge in [0, 0.05) is 41.2 Å². The van der Waals surface area contributed by atoms with Crippen LogP contribution in [0.1, 0.15) is 11.1 Å². The number of rotatable bonds is 4. The van der Waals surface area contributed by atoms with Crippen molar-refractivity contribution in [1.29, 1.82) is 5.26 Å². The first-order valence-electron chi connectivity index (χ1n) is 6.34. The van der Waals surface area contributed by atoms with E-state index in [4.69, 9.17) is 16.9 Å². The Morgan fingerprint density at radius 2 is 1.90 bits per heavy atom. The molecular formula is C16H15ClN2OS. The van der Waals surface area contributed by atoms with Gasteiger partial charge in [0.1, 0.15) is 6.07 Å². The molecule has 0 aliphatic rings. The zero-order valence-electron chi connectivity index (χ0n) is 11.8. The molecule has 0 aliphatic heterocycles. The summed E-state index contributed by atoms with van der Waals surface area (Å²) in [5, 5.41) is 9.34. The minimum Gasteiger partial charge on any atom is -0.370 e. The Kier molecular flexibility index (Phi) is 5.00. The maximum atomic E-state index is 11.4. The molecule has 2 aromatic carbocycles. The molecule has 0 aliphatic carbocycles. The van der Waals surface area contributed by atoms with Crippen LogP contribution in [0.5, 0.6) is 0 Å². The van der Waals surface area contributed by atoms with E-state index >= 15 is 0 Å². The van der Waals surface area contributed by atoms with E-state index in [-0.39, 0.29) is 0 Å². The van der Waals surface area contributed by atoms with Crippen LogP contribution in [-0.2, 0) is 17.3 Å². The first-order valence-corrected chi connectivity index (χ1v) is 8.28. The number of benzene rings is 2. The molecule has 0 unspecified atom stereocenters. The maximum absolute atomic E-state index is 11.4. The second kappa shape index (κ2) is 6.75. The van der Waals surface area contributed by atoms with E-state index in [2.05, 4.69) is 0 Å². The molecule has 21 heavy (non-hydrogen) atoms. The van der Waals surface area contributed by atoms with Crippen molar-refractivity contribution in [2.75, 3.05) is 18.2 Å². The summed E-state index contributed by atoms with van der Waals surface area (Å²) in [7, 11) is 1.01. The highest BCUT2D eigenvalue weighted by molar-refractivity contribution is 7.84. The quantitative estimate of drug-likeness (QED) is 0.865. The Morgan fingerprint density at radius 1 is 1.24 bits per heavy atom. The van der Waals surface area contributed by atoms with E-state index < -0.39 is 10.8 Å². The van der Waals surface area contributed by atoms with Crippen LogP contribution in [0.15, 0.2) is 47.4 Å². The molecule has 5 heteroatoms. The molecule has 0 bridgehead atoms. The molecule has 3 nitrogen and oxygen atoms in total. The van der Waals surface area contributed by atoms with Crippen molar-refractivity contribution in [2.45, 2.75) is 11.4 Å². The van der Waals surface area contributed by atoms with Crippen molar-refractivity contribution in [2.24, 2.45) is 0 Å². The van der Waals surface area contributed by atoms with Crippen molar-refractivity contribution in [3.63, 3.8) is 0 Å². The fourth-order valence-electron chi connectivity index (χ4n) is 1.98. The third kappa shape index (κ3) is 3.84. The molecule has 2 rings (SSSR count). The first kappa shape index (κ1) is 15.6. The Balaban J connectivity index is 2.14. The first-order chi connectivity index (χ1) is 10.0. The summed E-state index contributed by atoms with van der Waals surface area (Å²) in [5.41, 5.74) is 2.54. The topological polar surface area (TPSA) is 44.1 Å². The van der Waals surface area contributed by atoms with Gasteiger partial charge in [0.25, 0.3) is 0 Å². The number of halogens is 1. The second-order valence-corrected chi connectivity index (χ2v) is 6.52. The van der Waals surface area contributed by atoms with Crippen LogP contribution < -0.4 is 4.90 Å². The summed E-state index contributed by atoms with van der Waals surface area (Å²) in [6, 6.07) is 15.1. The van der Waals surface area contributed by atoms with Crippen LogP contribution in [0.4, 0.5) is 5.69 Å². The summed E-state index contributed by atoms with van der Waals surface area (Å²) in [6.45, 7) is 0.707. The third-order valence-electron chi connectivity index (χ3n) is 3.19. The number of nitriles is 1. The van der Waals surface area contributed by atoms with E-state index in [1.807, 2.05) is 48.3 Å². The molecule has 0 fully saturated rings. The van der Waals surface area contributed by atoms with Crippen molar-refractivity contribution < 1.29 is 4.21 Å². The lowest BCUT2D eigenvalue weighted by atomic mass is 10.2. The summed E-state index contributed by atoms with van der Waals surface area (Å²) in [4.78, 5) is 2.87. The lowest BCUT2D eigenvalue weighted by Crippen LogP contribution is -2.16. The number of hydrogen-bond acceptors (Lipinski definition) is 3. The van der Waals surface area contributed by atoms with Gasteiger partial charge in [0.2, 0.25) is 0 Å². The monoisotopic (exact) mass is 318 g/mol. The summed E-state index contributed by atoms with van der Waals surface area (Å²) < 4.78 is 11.4. The lowest BCUT2D eigenvalue weighted by molar-refractivity contribution is 0.687. The zero-order chi connectivity index (χ0) is 15.4. The van der Waals surface area contributed by atoms with Crippen molar-refractivity contribution in [3.05, 3.63) is 58.6 Å². The van der Waals surface area contributed by atoms with E-state index in [0.717, 1.165) is 16.1 Å². The molecule has 1 atom stereocenters. The predicted molar refractivity (Wildman–Crippen MR) is 87.0 cm³/mol. The normalized spacial score (nSPS) is 11.7. The highest BCUT2D eigenvalue weighted by Gasteiger charge is 2.06. The fourth-order valence-corrected chi connectivity index (χ4v) is 2.72. The molecule has 0 spiro atoms. The fraction of sp³-hybridized carbons (Fsp3) is 0.188. The van der Waals surface area contributed by atoms with Crippen LogP contribution >= 0.6 is 11.6 Å². The van der Waals surface area contributed by atoms with Crippen molar-refractivity contribution >= 4 is 28.1 Å². The molecule has 0 amide bonds. The van der Waals surface area contributed by atoms with Crippen LogP contribution in [0.2, 0.25) is 5.02 Å². The maximum Gasteiger partial charge on any atom is 0.101 e. The largest absolute Gasteiger partial charge is 0.370 e. The van der Waals surface area contributed by atoms with Crippen LogP contribution in [0.25, 0.3) is 0 Å². The molecule has 108 valence electrons. The SMILES string of the molecule is CN(Cc1ccc([S@](C)=O)cc1)c1ccc(C#N)c(Cl)c1. The van der Waals surface area contributed by atoms with Crippen LogP contribution in [0, 0.1) is 11.3 Å². The number of anilines is 1.